The second-order valence-electron chi connectivity index (χ2n) is 10.2. The van der Waals surface area contributed by atoms with Crippen molar-refractivity contribution in [3.63, 3.8) is 0 Å². The van der Waals surface area contributed by atoms with Crippen LogP contribution in [0.5, 0.6) is 5.75 Å². The molecule has 0 radical (unpaired) electrons. The zero-order chi connectivity index (χ0) is 31.9. The van der Waals surface area contributed by atoms with Gasteiger partial charge in [-0.05, 0) is 44.9 Å². The fourth-order valence-electron chi connectivity index (χ4n) is 4.20. The van der Waals surface area contributed by atoms with E-state index in [9.17, 15) is 32.3 Å². The maximum atomic E-state index is 13.6. The molecule has 0 fully saturated rings. The van der Waals surface area contributed by atoms with Gasteiger partial charge in [-0.3, -0.25) is 19.4 Å². The Kier molecular flexibility index (Phi) is 10.7. The molecule has 0 unspecified atom stereocenters. The number of ketones is 1. The second kappa shape index (κ2) is 14.0. The summed E-state index contributed by atoms with van der Waals surface area (Å²) in [6, 6.07) is 3.59. The monoisotopic (exact) mass is 605 g/mol. The lowest BCUT2D eigenvalue weighted by Gasteiger charge is -2.16. The lowest BCUT2D eigenvalue weighted by atomic mass is 10.0. The Morgan fingerprint density at radius 1 is 1.23 bits per heavy atom. The van der Waals surface area contributed by atoms with Gasteiger partial charge in [-0.25, -0.2) is 4.79 Å². The third-order valence-electron chi connectivity index (χ3n) is 6.31. The second-order valence-corrected chi connectivity index (χ2v) is 10.2. The van der Waals surface area contributed by atoms with Crippen LogP contribution in [0.25, 0.3) is 11.0 Å². The van der Waals surface area contributed by atoms with Crippen molar-refractivity contribution in [2.24, 2.45) is 0 Å². The minimum Gasteiger partial charge on any atom is -0.488 e. The number of methoxy groups -OCH3 is 1. The van der Waals surface area contributed by atoms with Gasteiger partial charge in [0.2, 0.25) is 5.91 Å². The molecule has 0 spiro atoms. The normalized spacial score (nSPS) is 12.5. The summed E-state index contributed by atoms with van der Waals surface area (Å²) in [6.45, 7) is 3.17. The summed E-state index contributed by atoms with van der Waals surface area (Å²) in [4.78, 5) is 58.2. The summed E-state index contributed by atoms with van der Waals surface area (Å²) in [7, 11) is 4.35. The number of ether oxygens (including phenoxy) is 2. The van der Waals surface area contributed by atoms with E-state index in [0.717, 1.165) is 7.11 Å². The van der Waals surface area contributed by atoms with Crippen LogP contribution in [-0.4, -0.2) is 70.6 Å². The summed E-state index contributed by atoms with van der Waals surface area (Å²) in [5.41, 5.74) is -0.683. The highest BCUT2D eigenvalue weighted by Gasteiger charge is 2.36. The van der Waals surface area contributed by atoms with Gasteiger partial charge in [-0.15, -0.1) is 0 Å². The molecule has 43 heavy (non-hydrogen) atoms. The maximum absolute atomic E-state index is 13.6. The van der Waals surface area contributed by atoms with Gasteiger partial charge >= 0.3 is 12.3 Å². The molecule has 1 atom stereocenters. The number of carbonyl (C=O) groups excluding carboxylic acids is 3. The lowest BCUT2D eigenvalue weighted by molar-refractivity contribution is -0.139. The van der Waals surface area contributed by atoms with E-state index in [4.69, 9.17) is 4.74 Å². The molecular weight excluding hydrogens is 571 g/mol. The minimum atomic E-state index is -4.69. The highest BCUT2D eigenvalue weighted by Crippen LogP contribution is 2.40. The van der Waals surface area contributed by atoms with E-state index >= 15 is 0 Å². The maximum Gasteiger partial charge on any atom is 0.421 e. The predicted octanol–water partition coefficient (Wildman–Crippen LogP) is 3.84. The number of allylic oxidation sites excluding steroid dienone is 1. The van der Waals surface area contributed by atoms with Crippen molar-refractivity contribution in [2.45, 2.75) is 58.0 Å². The fraction of sp³-hybridized carbons (Fsp3) is 0.414. The van der Waals surface area contributed by atoms with Crippen LogP contribution in [0.4, 0.5) is 18.0 Å². The fourth-order valence-corrected chi connectivity index (χ4v) is 4.20. The van der Waals surface area contributed by atoms with E-state index in [1.807, 2.05) is 0 Å². The molecule has 0 aliphatic rings. The van der Waals surface area contributed by atoms with E-state index in [0.29, 0.717) is 18.3 Å². The predicted molar refractivity (Wildman–Crippen MR) is 152 cm³/mol. The Balaban J connectivity index is 1.83. The van der Waals surface area contributed by atoms with Gasteiger partial charge in [0.05, 0.1) is 31.3 Å². The number of alkyl carbamates (subject to hydrolysis) is 1. The molecule has 2 amide bonds. The third kappa shape index (κ3) is 8.69. The number of hydrogen-bond donors (Lipinski definition) is 2. The molecule has 2 N–H and O–H groups in total. The number of alkyl halides is 3. The number of amides is 2. The summed E-state index contributed by atoms with van der Waals surface area (Å²) < 4.78 is 52.3. The van der Waals surface area contributed by atoms with Crippen molar-refractivity contribution < 1.29 is 37.0 Å². The van der Waals surface area contributed by atoms with E-state index < -0.39 is 41.3 Å². The van der Waals surface area contributed by atoms with Crippen LogP contribution in [0.1, 0.15) is 43.5 Å². The summed E-state index contributed by atoms with van der Waals surface area (Å²) in [5, 5.41) is 2.47. The number of aromatic nitrogens is 3. The first-order valence-corrected chi connectivity index (χ1v) is 13.4. The van der Waals surface area contributed by atoms with Crippen LogP contribution in [-0.2, 0) is 33.5 Å². The lowest BCUT2D eigenvalue weighted by Crippen LogP contribution is -2.42. The molecular formula is C29H34F3N5O6. The molecule has 0 saturated heterocycles. The molecule has 14 heteroatoms. The number of Topliss-reactive ketones (excluding diaryl/α,β-unsaturated/α-hetero) is 1. The molecule has 3 aromatic rings. The van der Waals surface area contributed by atoms with Gasteiger partial charge in [0, 0.05) is 44.2 Å². The van der Waals surface area contributed by atoms with Gasteiger partial charge in [-0.2, -0.15) is 13.2 Å². The van der Waals surface area contributed by atoms with Crippen LogP contribution < -0.4 is 15.6 Å². The molecule has 232 valence electrons. The molecule has 11 nitrogen and oxygen atoms in total. The summed E-state index contributed by atoms with van der Waals surface area (Å²) >= 11 is 0. The zero-order valence-electron chi connectivity index (χ0n) is 24.4. The molecule has 3 rings (SSSR count). The molecule has 3 aromatic heterocycles. The SMILES string of the molecule is COC(=O)N[C@@H](CC/C=C/C(=O)N(C)C)C(=O)Cc1cccn(Cc2cc3ncc(C(F)(F)F)c(OC(C)C)c3[nH]2)c1=O. The van der Waals surface area contributed by atoms with Crippen molar-refractivity contribution in [3.05, 3.63) is 69.9 Å². The first-order valence-electron chi connectivity index (χ1n) is 13.4. The standard InChI is InChI=1S/C29H34F3N5O6/c1-17(2)43-26-20(29(30,31)32)15-33-22-14-19(34-25(22)26)16-37-12-8-9-18(27(37)40)13-23(38)21(35-28(41)42-5)10-6-7-11-24(39)36(3)4/h7-9,11-12,14-15,17,21,34H,6,10,13,16H2,1-5H3,(H,35,41)/b11-7+/t21-/m0/s1. The van der Waals surface area contributed by atoms with E-state index in [2.05, 4.69) is 20.0 Å². The molecule has 3 heterocycles. The Labute approximate surface area is 245 Å². The summed E-state index contributed by atoms with van der Waals surface area (Å²) in [5.74, 6) is -1.06. The van der Waals surface area contributed by atoms with Gasteiger partial charge in [-0.1, -0.05) is 12.1 Å². The Hall–Kier alpha value is -4.62. The topological polar surface area (TPSA) is 136 Å². The van der Waals surface area contributed by atoms with E-state index in [-0.39, 0.29) is 47.6 Å². The minimum absolute atomic E-state index is 0.0474. The number of hydrogen-bond acceptors (Lipinski definition) is 7. The number of halogens is 3. The molecule has 0 aliphatic heterocycles. The molecule has 0 saturated carbocycles. The van der Waals surface area contributed by atoms with Gasteiger partial charge in [0.1, 0.15) is 11.1 Å². The quantitative estimate of drug-likeness (QED) is 0.300. The van der Waals surface area contributed by atoms with E-state index in [1.165, 1.54) is 33.9 Å². The van der Waals surface area contributed by atoms with Crippen molar-refractivity contribution in [3.8, 4) is 5.75 Å². The van der Waals surface area contributed by atoms with Crippen molar-refractivity contribution >= 4 is 28.8 Å². The van der Waals surface area contributed by atoms with Crippen LogP contribution in [0, 0.1) is 0 Å². The number of fused-ring (bicyclic) bond motifs is 1. The number of pyridine rings is 2. The molecule has 0 aromatic carbocycles. The van der Waals surface area contributed by atoms with Crippen molar-refractivity contribution in [1.82, 2.24) is 24.8 Å². The number of aromatic amines is 1. The smallest absolute Gasteiger partial charge is 0.421 e. The number of nitrogens with zero attached hydrogens (tertiary/aromatic N) is 3. The van der Waals surface area contributed by atoms with Crippen LogP contribution in [0.15, 0.2) is 47.5 Å². The largest absolute Gasteiger partial charge is 0.488 e. The highest BCUT2D eigenvalue weighted by molar-refractivity contribution is 5.89. The summed E-state index contributed by atoms with van der Waals surface area (Å²) in [6.07, 6.45) is -0.745. The first kappa shape index (κ1) is 32.9. The van der Waals surface area contributed by atoms with Crippen LogP contribution >= 0.6 is 0 Å². The molecule has 0 bridgehead atoms. The average molecular weight is 606 g/mol. The number of likely N-dealkylation sites (N-methyl/N-ethyl adjacent to an activating group) is 1. The number of nitrogens with one attached hydrogen (secondary N) is 2. The Morgan fingerprint density at radius 3 is 2.58 bits per heavy atom. The first-order chi connectivity index (χ1) is 20.2. The zero-order valence-corrected chi connectivity index (χ0v) is 24.4. The Bertz CT molecular complexity index is 1560. The van der Waals surface area contributed by atoms with Gasteiger partial charge in [0.25, 0.3) is 5.56 Å². The third-order valence-corrected chi connectivity index (χ3v) is 6.31. The Morgan fingerprint density at radius 2 is 1.95 bits per heavy atom. The van der Waals surface area contributed by atoms with Crippen molar-refractivity contribution in [1.29, 1.82) is 0 Å². The number of carbonyl (C=O) groups is 3. The van der Waals surface area contributed by atoms with Crippen molar-refractivity contribution in [2.75, 3.05) is 21.2 Å². The number of rotatable bonds is 12. The average Bonchev–Trinajstić information content (AvgIpc) is 3.34. The van der Waals surface area contributed by atoms with Crippen LogP contribution in [0.2, 0.25) is 0 Å². The number of H-pyrrole nitrogens is 1. The highest BCUT2D eigenvalue weighted by atomic mass is 19.4. The molecule has 0 aliphatic carbocycles. The van der Waals surface area contributed by atoms with Crippen LogP contribution in [0.3, 0.4) is 0 Å². The van der Waals surface area contributed by atoms with Gasteiger partial charge < -0.3 is 29.2 Å². The van der Waals surface area contributed by atoms with Gasteiger partial charge in [0.15, 0.2) is 11.5 Å². The van der Waals surface area contributed by atoms with E-state index in [1.54, 1.807) is 40.1 Å².